The van der Waals surface area contributed by atoms with E-state index in [0.29, 0.717) is 27.2 Å². The third kappa shape index (κ3) is 5.08. The molecule has 1 unspecified atom stereocenters. The van der Waals surface area contributed by atoms with Gasteiger partial charge in [-0.25, -0.2) is 18.6 Å². The molecule has 2 heterocycles. The summed E-state index contributed by atoms with van der Waals surface area (Å²) in [7, 11) is -4.24. The number of rotatable bonds is 6. The highest BCUT2D eigenvalue weighted by Gasteiger charge is 2.44. The van der Waals surface area contributed by atoms with Crippen molar-refractivity contribution in [2.45, 2.75) is 55.5 Å². The topological polar surface area (TPSA) is 134 Å². The number of carbonyl (C=O) groups excluding carboxylic acids is 1. The molecule has 13 heteroatoms. The van der Waals surface area contributed by atoms with E-state index in [0.717, 1.165) is 36.4 Å². The molecule has 1 amide bonds. The van der Waals surface area contributed by atoms with Gasteiger partial charge in [-0.1, -0.05) is 42.5 Å². The molecule has 0 radical (unpaired) electrons. The summed E-state index contributed by atoms with van der Waals surface area (Å²) in [5, 5.41) is 13.3. The van der Waals surface area contributed by atoms with Crippen LogP contribution in [-0.4, -0.2) is 40.2 Å². The lowest BCUT2D eigenvalue weighted by molar-refractivity contribution is -0.133. The van der Waals surface area contributed by atoms with Gasteiger partial charge >= 0.3 is 0 Å². The minimum absolute atomic E-state index is 0.0355. The lowest BCUT2D eigenvalue weighted by Gasteiger charge is -2.32. The lowest BCUT2D eigenvalue weighted by atomic mass is 9.95. The largest absolute Gasteiger partial charge is 0.457 e. The molecule has 1 fully saturated rings. The van der Waals surface area contributed by atoms with Crippen LogP contribution in [0.4, 0.5) is 0 Å². The van der Waals surface area contributed by atoms with E-state index >= 15 is 0 Å². The van der Waals surface area contributed by atoms with Gasteiger partial charge in [0.25, 0.3) is 11.5 Å². The fourth-order valence-electron chi connectivity index (χ4n) is 5.20. The fourth-order valence-corrected chi connectivity index (χ4v) is 7.27. The molecule has 1 aliphatic carbocycles. The van der Waals surface area contributed by atoms with Crippen LogP contribution in [0.5, 0.6) is 11.5 Å². The van der Waals surface area contributed by atoms with Crippen molar-refractivity contribution in [2.24, 2.45) is 0 Å². The molecule has 10 nitrogen and oxygen atoms in total. The number of carbonyl (C=O) groups is 1. The summed E-state index contributed by atoms with van der Waals surface area (Å²) in [6.07, 6.45) is 4.96. The molecule has 3 aromatic rings. The van der Waals surface area contributed by atoms with Gasteiger partial charge in [-0.2, -0.15) is 4.31 Å². The lowest BCUT2D eigenvalue weighted by Crippen LogP contribution is -2.48. The van der Waals surface area contributed by atoms with Gasteiger partial charge in [0, 0.05) is 28.7 Å². The monoisotopic (exact) mass is 580 g/mol. The zero-order valence-corrected chi connectivity index (χ0v) is 22.5. The Labute approximate surface area is 229 Å². The van der Waals surface area contributed by atoms with Gasteiger partial charge in [-0.05, 0) is 55.3 Å². The Morgan fingerprint density at radius 1 is 1.03 bits per heavy atom. The van der Waals surface area contributed by atoms with Crippen LogP contribution in [0.2, 0.25) is 10.0 Å². The number of sulfonamides is 1. The molecule has 202 valence electrons. The van der Waals surface area contributed by atoms with E-state index in [1.54, 1.807) is 23.7 Å². The second-order valence-corrected chi connectivity index (χ2v) is 12.2. The van der Waals surface area contributed by atoms with Gasteiger partial charge in [0.1, 0.15) is 17.5 Å². The predicted molar refractivity (Wildman–Crippen MR) is 140 cm³/mol. The first-order valence-corrected chi connectivity index (χ1v) is 14.4. The standard InChI is InChI=1S/C25H26Cl2N4O6S/c26-15-12-16(27)14-19(13-15)37-18-6-8-20(9-7-18)38(35,36)30-11-10-21-22(23(30)24(32)29-34)25(33)31(28-21)17-4-2-1-3-5-17/h6-9,12-14,17,23,28,34H,1-5,10-11H2,(H,29,32). The van der Waals surface area contributed by atoms with Crippen molar-refractivity contribution in [3.8, 4) is 11.5 Å². The van der Waals surface area contributed by atoms with Crippen LogP contribution in [-0.2, 0) is 21.2 Å². The van der Waals surface area contributed by atoms with E-state index in [2.05, 4.69) is 5.10 Å². The van der Waals surface area contributed by atoms with Crippen molar-refractivity contribution in [3.63, 3.8) is 0 Å². The molecular formula is C25H26Cl2N4O6S. The van der Waals surface area contributed by atoms with Crippen molar-refractivity contribution in [2.75, 3.05) is 6.54 Å². The molecule has 38 heavy (non-hydrogen) atoms. The number of hydroxylamine groups is 1. The summed E-state index contributed by atoms with van der Waals surface area (Å²) < 4.78 is 35.6. The summed E-state index contributed by atoms with van der Waals surface area (Å²) in [4.78, 5) is 26.1. The van der Waals surface area contributed by atoms with Gasteiger partial charge in [0.05, 0.1) is 16.5 Å². The van der Waals surface area contributed by atoms with E-state index in [1.165, 1.54) is 28.9 Å². The normalized spacial score (nSPS) is 18.7. The Morgan fingerprint density at radius 3 is 2.32 bits per heavy atom. The zero-order chi connectivity index (χ0) is 27.0. The molecule has 2 aliphatic rings. The quantitative estimate of drug-likeness (QED) is 0.289. The predicted octanol–water partition coefficient (Wildman–Crippen LogP) is 4.57. The number of fused-ring (bicyclic) bond motifs is 1. The summed E-state index contributed by atoms with van der Waals surface area (Å²) in [5.41, 5.74) is 1.64. The van der Waals surface area contributed by atoms with Crippen molar-refractivity contribution >= 4 is 39.1 Å². The second-order valence-electron chi connectivity index (χ2n) is 9.39. The number of hydrogen-bond donors (Lipinski definition) is 3. The van der Waals surface area contributed by atoms with Gasteiger partial charge in [-0.3, -0.25) is 19.9 Å². The summed E-state index contributed by atoms with van der Waals surface area (Å²) in [6.45, 7) is -0.0582. The zero-order valence-electron chi connectivity index (χ0n) is 20.2. The van der Waals surface area contributed by atoms with Crippen molar-refractivity contribution in [1.29, 1.82) is 0 Å². The molecular weight excluding hydrogens is 555 g/mol. The maximum Gasteiger partial charge on any atom is 0.272 e. The number of ether oxygens (including phenoxy) is 1. The molecule has 2 aromatic carbocycles. The maximum atomic E-state index is 13.7. The Morgan fingerprint density at radius 2 is 1.68 bits per heavy atom. The molecule has 1 aromatic heterocycles. The molecule has 5 rings (SSSR count). The van der Waals surface area contributed by atoms with Crippen molar-refractivity contribution < 1.29 is 23.2 Å². The number of aromatic nitrogens is 2. The highest BCUT2D eigenvalue weighted by Crippen LogP contribution is 2.35. The highest BCUT2D eigenvalue weighted by atomic mass is 35.5. The molecule has 0 spiro atoms. The molecule has 0 saturated heterocycles. The molecule has 1 atom stereocenters. The minimum Gasteiger partial charge on any atom is -0.457 e. The Balaban J connectivity index is 1.45. The van der Waals surface area contributed by atoms with Crippen molar-refractivity contribution in [3.05, 3.63) is 74.1 Å². The number of H-pyrrole nitrogens is 1. The van der Waals surface area contributed by atoms with Gasteiger partial charge in [0.2, 0.25) is 10.0 Å². The van der Waals surface area contributed by atoms with Gasteiger partial charge in [0.15, 0.2) is 0 Å². The van der Waals surface area contributed by atoms with E-state index < -0.39 is 27.5 Å². The first-order chi connectivity index (χ1) is 18.2. The molecule has 1 aliphatic heterocycles. The summed E-state index contributed by atoms with van der Waals surface area (Å²) in [5.74, 6) is -0.281. The van der Waals surface area contributed by atoms with E-state index in [1.807, 2.05) is 0 Å². The average Bonchev–Trinajstić information content (AvgIpc) is 3.24. The van der Waals surface area contributed by atoms with Crippen LogP contribution in [0, 0.1) is 0 Å². The third-order valence-corrected chi connectivity index (χ3v) is 9.29. The van der Waals surface area contributed by atoms with E-state index in [9.17, 15) is 23.2 Å². The van der Waals surface area contributed by atoms with Crippen LogP contribution < -0.4 is 15.8 Å². The van der Waals surface area contributed by atoms with Crippen LogP contribution in [0.1, 0.15) is 55.4 Å². The smallest absolute Gasteiger partial charge is 0.272 e. The minimum atomic E-state index is -4.24. The Kier molecular flexibility index (Phi) is 7.56. The first-order valence-electron chi connectivity index (χ1n) is 12.2. The number of nitrogens with one attached hydrogen (secondary N) is 2. The average molecular weight is 581 g/mol. The van der Waals surface area contributed by atoms with Crippen LogP contribution >= 0.6 is 23.2 Å². The van der Waals surface area contributed by atoms with E-state index in [-0.39, 0.29) is 29.5 Å². The number of hydrogen-bond acceptors (Lipinski definition) is 6. The third-order valence-electron chi connectivity index (χ3n) is 6.97. The van der Waals surface area contributed by atoms with Crippen LogP contribution in [0.15, 0.2) is 52.2 Å². The molecule has 3 N–H and O–H groups in total. The maximum absolute atomic E-state index is 13.7. The van der Waals surface area contributed by atoms with Gasteiger partial charge in [-0.15, -0.1) is 0 Å². The van der Waals surface area contributed by atoms with E-state index in [4.69, 9.17) is 27.9 Å². The molecule has 1 saturated carbocycles. The number of nitrogens with zero attached hydrogens (tertiary/aromatic N) is 2. The summed E-state index contributed by atoms with van der Waals surface area (Å²) >= 11 is 12.0. The van der Waals surface area contributed by atoms with Crippen LogP contribution in [0.3, 0.4) is 0 Å². The van der Waals surface area contributed by atoms with Gasteiger partial charge < -0.3 is 4.74 Å². The Hall–Kier alpha value is -2.83. The number of halogens is 2. The SMILES string of the molecule is O=C(NO)C1c2c([nH]n(C3CCCCC3)c2=O)CCN1S(=O)(=O)c1ccc(Oc2cc(Cl)cc(Cl)c2)cc1. The Bertz CT molecular complexity index is 1490. The first kappa shape index (κ1) is 26.8. The fraction of sp³-hybridized carbons (Fsp3) is 0.360. The summed E-state index contributed by atoms with van der Waals surface area (Å²) in [6, 6.07) is 8.75. The highest BCUT2D eigenvalue weighted by molar-refractivity contribution is 7.89. The number of amides is 1. The second kappa shape index (κ2) is 10.7. The van der Waals surface area contributed by atoms with Crippen molar-refractivity contribution in [1.82, 2.24) is 19.6 Å². The van der Waals surface area contributed by atoms with Crippen LogP contribution in [0.25, 0.3) is 0 Å². The molecule has 0 bridgehead atoms. The number of aromatic amines is 1. The number of benzene rings is 2.